The van der Waals surface area contributed by atoms with Gasteiger partial charge in [-0.1, -0.05) is 0 Å². The molecule has 0 aliphatic carbocycles. The Balaban J connectivity index is 1.82. The first kappa shape index (κ1) is 9.93. The fourth-order valence-electron chi connectivity index (χ4n) is 1.53. The Morgan fingerprint density at radius 3 is 3.14 bits per heavy atom. The number of halogens is 1. The Hall–Kier alpha value is -0.610. The molecule has 76 valence electrons. The van der Waals surface area contributed by atoms with E-state index in [1.807, 2.05) is 12.1 Å². The van der Waals surface area contributed by atoms with Gasteiger partial charge in [-0.15, -0.1) is 0 Å². The predicted molar refractivity (Wildman–Crippen MR) is 58.5 cm³/mol. The second-order valence-corrected chi connectivity index (χ2v) is 4.33. The van der Waals surface area contributed by atoms with E-state index in [-0.39, 0.29) is 0 Å². The molecule has 1 aromatic rings. The highest BCUT2D eigenvalue weighted by atomic mass is 79.9. The van der Waals surface area contributed by atoms with Gasteiger partial charge in [0.05, 0.1) is 0 Å². The first-order valence-corrected chi connectivity index (χ1v) is 5.61. The monoisotopic (exact) mass is 256 g/mol. The van der Waals surface area contributed by atoms with Crippen LogP contribution in [-0.2, 0) is 0 Å². The number of nitrogens with zero attached hydrogens (tertiary/aromatic N) is 1. The topological polar surface area (TPSA) is 34.1 Å². The van der Waals surface area contributed by atoms with Gasteiger partial charge in [-0.05, 0) is 41.4 Å². The van der Waals surface area contributed by atoms with Gasteiger partial charge >= 0.3 is 0 Å². The lowest BCUT2D eigenvalue weighted by molar-refractivity contribution is 0.267. The largest absolute Gasteiger partial charge is 0.476 e. The van der Waals surface area contributed by atoms with Crippen LogP contribution in [0.1, 0.15) is 12.8 Å². The van der Waals surface area contributed by atoms with Crippen LogP contribution in [0.15, 0.2) is 22.8 Å². The fraction of sp³-hybridized carbons (Fsp3) is 0.500. The molecule has 1 N–H and O–H groups in total. The van der Waals surface area contributed by atoms with Crippen molar-refractivity contribution in [2.45, 2.75) is 18.9 Å². The second-order valence-electron chi connectivity index (χ2n) is 3.42. The first-order valence-electron chi connectivity index (χ1n) is 4.82. The maximum atomic E-state index is 5.55. The molecule has 1 aliphatic rings. The summed E-state index contributed by atoms with van der Waals surface area (Å²) in [7, 11) is 0. The lowest BCUT2D eigenvalue weighted by Crippen LogP contribution is -2.28. The van der Waals surface area contributed by atoms with Crippen LogP contribution >= 0.6 is 15.9 Å². The van der Waals surface area contributed by atoms with E-state index in [2.05, 4.69) is 26.2 Å². The SMILES string of the molecule is Brc1ccc(OC[C@@H]2CCCN2)nc1. The quantitative estimate of drug-likeness (QED) is 0.898. The van der Waals surface area contributed by atoms with Crippen LogP contribution in [0.3, 0.4) is 0 Å². The summed E-state index contributed by atoms with van der Waals surface area (Å²) in [4.78, 5) is 4.14. The van der Waals surface area contributed by atoms with Gasteiger partial charge in [0.15, 0.2) is 0 Å². The molecule has 1 fully saturated rings. The molecule has 0 amide bonds. The van der Waals surface area contributed by atoms with Crippen LogP contribution < -0.4 is 10.1 Å². The minimum Gasteiger partial charge on any atom is -0.476 e. The third-order valence-corrected chi connectivity index (χ3v) is 2.76. The summed E-state index contributed by atoms with van der Waals surface area (Å²) in [6.45, 7) is 1.83. The van der Waals surface area contributed by atoms with Crippen LogP contribution in [0.25, 0.3) is 0 Å². The van der Waals surface area contributed by atoms with Gasteiger partial charge in [0.25, 0.3) is 0 Å². The maximum Gasteiger partial charge on any atom is 0.213 e. The maximum absolute atomic E-state index is 5.55. The number of ether oxygens (including phenoxy) is 1. The van der Waals surface area contributed by atoms with Crippen molar-refractivity contribution in [3.63, 3.8) is 0 Å². The van der Waals surface area contributed by atoms with Crippen LogP contribution in [0, 0.1) is 0 Å². The van der Waals surface area contributed by atoms with Crippen molar-refractivity contribution in [1.82, 2.24) is 10.3 Å². The van der Waals surface area contributed by atoms with E-state index in [0.29, 0.717) is 18.5 Å². The highest BCUT2D eigenvalue weighted by molar-refractivity contribution is 9.10. The smallest absolute Gasteiger partial charge is 0.213 e. The molecule has 1 aromatic heterocycles. The standard InChI is InChI=1S/C10H13BrN2O/c11-8-3-4-10(13-6-8)14-7-9-2-1-5-12-9/h3-4,6,9,12H,1-2,5,7H2/t9-/m0/s1. The van der Waals surface area contributed by atoms with Crippen LogP contribution in [0.2, 0.25) is 0 Å². The summed E-state index contributed by atoms with van der Waals surface area (Å²) in [6.07, 6.45) is 4.20. The van der Waals surface area contributed by atoms with E-state index < -0.39 is 0 Å². The number of hydrogen-bond donors (Lipinski definition) is 1. The third-order valence-electron chi connectivity index (χ3n) is 2.30. The molecule has 0 spiro atoms. The number of pyridine rings is 1. The van der Waals surface area contributed by atoms with Crippen molar-refractivity contribution in [3.8, 4) is 5.88 Å². The summed E-state index contributed by atoms with van der Waals surface area (Å²) in [6, 6.07) is 4.31. The zero-order valence-electron chi connectivity index (χ0n) is 7.87. The van der Waals surface area contributed by atoms with E-state index in [9.17, 15) is 0 Å². The minimum atomic E-state index is 0.500. The molecule has 1 aliphatic heterocycles. The normalized spacial score (nSPS) is 21.1. The van der Waals surface area contributed by atoms with Gasteiger partial charge < -0.3 is 10.1 Å². The second kappa shape index (κ2) is 4.75. The Morgan fingerprint density at radius 2 is 2.50 bits per heavy atom. The predicted octanol–water partition coefficient (Wildman–Crippen LogP) is 1.97. The van der Waals surface area contributed by atoms with E-state index in [1.165, 1.54) is 12.8 Å². The Kier molecular flexibility index (Phi) is 3.37. The van der Waals surface area contributed by atoms with E-state index >= 15 is 0 Å². The van der Waals surface area contributed by atoms with Crippen LogP contribution in [0.5, 0.6) is 5.88 Å². The highest BCUT2D eigenvalue weighted by Crippen LogP contribution is 2.13. The fourth-order valence-corrected chi connectivity index (χ4v) is 1.77. The zero-order chi connectivity index (χ0) is 9.80. The van der Waals surface area contributed by atoms with Gasteiger partial charge in [-0.3, -0.25) is 0 Å². The number of nitrogens with one attached hydrogen (secondary N) is 1. The lowest BCUT2D eigenvalue weighted by atomic mass is 10.2. The van der Waals surface area contributed by atoms with Gasteiger partial charge in [-0.25, -0.2) is 4.98 Å². The van der Waals surface area contributed by atoms with Gasteiger partial charge in [-0.2, -0.15) is 0 Å². The van der Waals surface area contributed by atoms with E-state index in [0.717, 1.165) is 11.0 Å². The average Bonchev–Trinajstić information content (AvgIpc) is 2.70. The third kappa shape index (κ3) is 2.69. The van der Waals surface area contributed by atoms with Crippen molar-refractivity contribution in [3.05, 3.63) is 22.8 Å². The summed E-state index contributed by atoms with van der Waals surface area (Å²) < 4.78 is 6.53. The number of rotatable bonds is 3. The van der Waals surface area contributed by atoms with Gasteiger partial charge in [0, 0.05) is 22.8 Å². The Labute approximate surface area is 92.0 Å². The van der Waals surface area contributed by atoms with Gasteiger partial charge in [0.1, 0.15) is 6.61 Å². The highest BCUT2D eigenvalue weighted by Gasteiger charge is 2.14. The van der Waals surface area contributed by atoms with Crippen LogP contribution in [0.4, 0.5) is 0 Å². The molecule has 0 bridgehead atoms. The minimum absolute atomic E-state index is 0.500. The summed E-state index contributed by atoms with van der Waals surface area (Å²) in [5.41, 5.74) is 0. The molecule has 0 saturated carbocycles. The molecule has 3 nitrogen and oxygen atoms in total. The van der Waals surface area contributed by atoms with E-state index in [1.54, 1.807) is 6.20 Å². The summed E-state index contributed by atoms with van der Waals surface area (Å²) in [5.74, 6) is 0.696. The molecule has 2 heterocycles. The van der Waals surface area contributed by atoms with Crippen molar-refractivity contribution >= 4 is 15.9 Å². The molecular formula is C10H13BrN2O. The summed E-state index contributed by atoms with van der Waals surface area (Å²) >= 11 is 3.33. The van der Waals surface area contributed by atoms with E-state index in [4.69, 9.17) is 4.74 Å². The molecule has 4 heteroatoms. The molecular weight excluding hydrogens is 244 g/mol. The molecule has 1 atom stereocenters. The molecule has 0 unspecified atom stereocenters. The van der Waals surface area contributed by atoms with Crippen molar-refractivity contribution in [2.24, 2.45) is 0 Å². The van der Waals surface area contributed by atoms with Crippen molar-refractivity contribution in [2.75, 3.05) is 13.2 Å². The molecule has 0 aromatic carbocycles. The molecule has 1 saturated heterocycles. The van der Waals surface area contributed by atoms with Gasteiger partial charge in [0.2, 0.25) is 5.88 Å². The molecule has 0 radical (unpaired) electrons. The van der Waals surface area contributed by atoms with Crippen molar-refractivity contribution < 1.29 is 4.74 Å². The number of hydrogen-bond acceptors (Lipinski definition) is 3. The average molecular weight is 257 g/mol. The lowest BCUT2D eigenvalue weighted by Gasteiger charge is -2.10. The molecule has 2 rings (SSSR count). The van der Waals surface area contributed by atoms with Crippen LogP contribution in [-0.4, -0.2) is 24.2 Å². The number of aromatic nitrogens is 1. The Morgan fingerprint density at radius 1 is 1.57 bits per heavy atom. The first-order chi connectivity index (χ1) is 6.84. The summed E-state index contributed by atoms with van der Waals surface area (Å²) in [5, 5.41) is 3.38. The molecule has 14 heavy (non-hydrogen) atoms. The zero-order valence-corrected chi connectivity index (χ0v) is 9.46. The van der Waals surface area contributed by atoms with Crippen molar-refractivity contribution in [1.29, 1.82) is 0 Å². The Bertz CT molecular complexity index is 283.